The first kappa shape index (κ1) is 47.7. The summed E-state index contributed by atoms with van der Waals surface area (Å²) >= 11 is 0. The number of benzene rings is 4. The topological polar surface area (TPSA) is 238 Å². The number of hydrogen-bond donors (Lipinski definition) is 3. The molecule has 6 amide bonds. The number of imide groups is 2. The summed E-state index contributed by atoms with van der Waals surface area (Å²) < 4.78 is 16.8. The summed E-state index contributed by atoms with van der Waals surface area (Å²) in [4.78, 5) is 126. The average molecular weight is 901 g/mol. The molecule has 2 heterocycles. The smallest absolute Gasteiger partial charge is 0.266 e. The van der Waals surface area contributed by atoms with E-state index in [1.54, 1.807) is 79.9 Å². The number of fused-ring (bicyclic) bond motifs is 1. The number of carbonyl (C=O) groups excluding carboxylic acids is 10. The van der Waals surface area contributed by atoms with Crippen LogP contribution in [0.4, 0.5) is 5.69 Å². The van der Waals surface area contributed by atoms with Crippen molar-refractivity contribution in [1.82, 2.24) is 15.5 Å². The number of para-hydroxylation sites is 2. The molecule has 0 bridgehead atoms. The lowest BCUT2D eigenvalue weighted by Gasteiger charge is -2.27. The van der Waals surface area contributed by atoms with Crippen molar-refractivity contribution in [3.63, 3.8) is 0 Å². The van der Waals surface area contributed by atoms with E-state index in [-0.39, 0.29) is 136 Å². The standard InChI is InChI=1S/C49H48N4O13/c1-64-36-20-22-37(23-21-36)66-41-7-3-2-6-39(41)51-46(60)31-11-9-30(10-12-31)29-50-43(58)25-19-34(56)16-15-32(54)13-14-33(55)17-18-35(57)27-28-65-42-8-4-5-38-45(42)49(63)53(48(38)62)40-24-26-44(59)52-47(40)61/h2-12,20-23,40H,13-19,24-29H2,1H3,(H,50,58)(H,51,60)(H,52,59,61). The van der Waals surface area contributed by atoms with Crippen LogP contribution < -0.4 is 30.2 Å². The van der Waals surface area contributed by atoms with Gasteiger partial charge < -0.3 is 24.8 Å². The molecule has 17 nitrogen and oxygen atoms in total. The number of nitrogens with zero attached hydrogens (tertiary/aromatic N) is 1. The van der Waals surface area contributed by atoms with Crippen molar-refractivity contribution in [2.45, 2.75) is 83.2 Å². The maximum absolute atomic E-state index is 13.2. The zero-order chi connectivity index (χ0) is 47.2. The molecular weight excluding hydrogens is 853 g/mol. The molecule has 0 spiro atoms. The SMILES string of the molecule is COc1ccc(Oc2ccccc2NC(=O)c2ccc(CNC(=O)CCC(=O)CCC(=O)CCC(=O)CCC(=O)CCOc3cccc4c3C(=O)N(C3CCC(=O)NC3=O)C4=O)cc2)cc1. The number of ketones is 4. The lowest BCUT2D eigenvalue weighted by atomic mass is 10.0. The Hall–Kier alpha value is -7.82. The summed E-state index contributed by atoms with van der Waals surface area (Å²) in [5.74, 6) is -2.74. The predicted molar refractivity (Wildman–Crippen MR) is 236 cm³/mol. The van der Waals surface area contributed by atoms with Crippen molar-refractivity contribution in [2.24, 2.45) is 0 Å². The third kappa shape index (κ3) is 12.9. The van der Waals surface area contributed by atoms with Gasteiger partial charge in [-0.1, -0.05) is 30.3 Å². The van der Waals surface area contributed by atoms with Gasteiger partial charge in [0.05, 0.1) is 30.5 Å². The molecule has 4 aromatic rings. The Morgan fingerprint density at radius 3 is 1.88 bits per heavy atom. The van der Waals surface area contributed by atoms with Crippen molar-refractivity contribution in [3.8, 4) is 23.0 Å². The van der Waals surface area contributed by atoms with Gasteiger partial charge in [0, 0.05) is 76.3 Å². The van der Waals surface area contributed by atoms with Gasteiger partial charge in [-0.25, -0.2) is 0 Å². The molecule has 1 unspecified atom stereocenters. The summed E-state index contributed by atoms with van der Waals surface area (Å²) in [6, 6.07) is 24.0. The number of anilines is 1. The van der Waals surface area contributed by atoms with Crippen LogP contribution in [-0.2, 0) is 40.1 Å². The van der Waals surface area contributed by atoms with Crippen LogP contribution in [-0.4, -0.2) is 83.2 Å². The lowest BCUT2D eigenvalue weighted by Crippen LogP contribution is -2.54. The number of Topliss-reactive ketones (excluding diaryl/α,β-unsaturated/α-hetero) is 4. The van der Waals surface area contributed by atoms with Crippen molar-refractivity contribution in [1.29, 1.82) is 0 Å². The van der Waals surface area contributed by atoms with Gasteiger partial charge in [0.1, 0.15) is 46.4 Å². The Kier molecular flexibility index (Phi) is 16.4. The zero-order valence-electron chi connectivity index (χ0n) is 36.2. The van der Waals surface area contributed by atoms with Crippen LogP contribution in [0.2, 0.25) is 0 Å². The minimum atomic E-state index is -1.13. The Morgan fingerprint density at radius 2 is 1.24 bits per heavy atom. The Bertz CT molecular complexity index is 2530. The second kappa shape index (κ2) is 22.7. The van der Waals surface area contributed by atoms with Crippen LogP contribution in [0, 0.1) is 0 Å². The fraction of sp³-hybridized carbons (Fsp3) is 0.306. The second-order valence-corrected chi connectivity index (χ2v) is 15.6. The minimum Gasteiger partial charge on any atom is -0.497 e. The summed E-state index contributed by atoms with van der Waals surface area (Å²) in [5, 5.41) is 7.75. The lowest BCUT2D eigenvalue weighted by molar-refractivity contribution is -0.136. The van der Waals surface area contributed by atoms with E-state index in [1.165, 1.54) is 18.2 Å². The van der Waals surface area contributed by atoms with Crippen LogP contribution in [0.3, 0.4) is 0 Å². The van der Waals surface area contributed by atoms with Gasteiger partial charge in [0.15, 0.2) is 5.75 Å². The molecule has 17 heteroatoms. The van der Waals surface area contributed by atoms with E-state index < -0.39 is 29.7 Å². The highest BCUT2D eigenvalue weighted by molar-refractivity contribution is 6.24. The fourth-order valence-electron chi connectivity index (χ4n) is 7.16. The average Bonchev–Trinajstić information content (AvgIpc) is 3.57. The fourth-order valence-corrected chi connectivity index (χ4v) is 7.16. The summed E-state index contributed by atoms with van der Waals surface area (Å²) in [6.45, 7) is 0.0309. The molecule has 1 fully saturated rings. The van der Waals surface area contributed by atoms with Crippen molar-refractivity contribution < 1.29 is 62.2 Å². The third-order valence-corrected chi connectivity index (χ3v) is 10.9. The highest BCUT2D eigenvalue weighted by Crippen LogP contribution is 2.34. The molecule has 6 rings (SSSR count). The molecule has 0 radical (unpaired) electrons. The van der Waals surface area contributed by atoms with E-state index in [9.17, 15) is 47.9 Å². The van der Waals surface area contributed by atoms with Crippen molar-refractivity contribution >= 4 is 64.3 Å². The number of nitrogens with one attached hydrogen (secondary N) is 3. The van der Waals surface area contributed by atoms with E-state index in [0.717, 1.165) is 10.5 Å². The number of amides is 6. The van der Waals surface area contributed by atoms with Crippen LogP contribution in [0.15, 0.2) is 91.0 Å². The number of piperidine rings is 1. The van der Waals surface area contributed by atoms with E-state index in [0.29, 0.717) is 28.5 Å². The number of carbonyl (C=O) groups is 10. The normalized spacial score (nSPS) is 14.2. The van der Waals surface area contributed by atoms with Gasteiger partial charge in [-0.05, 0) is 72.6 Å². The molecular formula is C49H48N4O13. The maximum atomic E-state index is 13.2. The molecule has 0 aliphatic carbocycles. The zero-order valence-corrected chi connectivity index (χ0v) is 36.2. The third-order valence-electron chi connectivity index (χ3n) is 10.9. The van der Waals surface area contributed by atoms with Gasteiger partial charge in [-0.2, -0.15) is 0 Å². The summed E-state index contributed by atoms with van der Waals surface area (Å²) in [5.41, 5.74) is 1.61. The molecule has 2 aliphatic heterocycles. The highest BCUT2D eigenvalue weighted by atomic mass is 16.5. The van der Waals surface area contributed by atoms with Crippen LogP contribution >= 0.6 is 0 Å². The summed E-state index contributed by atoms with van der Waals surface area (Å²) in [7, 11) is 1.57. The minimum absolute atomic E-state index is 0.00414. The van der Waals surface area contributed by atoms with E-state index in [4.69, 9.17) is 14.2 Å². The van der Waals surface area contributed by atoms with Crippen LogP contribution in [0.1, 0.15) is 107 Å². The first-order valence-corrected chi connectivity index (χ1v) is 21.4. The number of methoxy groups -OCH3 is 1. The number of hydrogen-bond acceptors (Lipinski definition) is 13. The first-order chi connectivity index (χ1) is 31.8. The van der Waals surface area contributed by atoms with Crippen molar-refractivity contribution in [2.75, 3.05) is 19.0 Å². The Morgan fingerprint density at radius 1 is 0.652 bits per heavy atom. The Balaban J connectivity index is 0.817. The molecule has 1 saturated heterocycles. The van der Waals surface area contributed by atoms with Gasteiger partial charge in [-0.15, -0.1) is 0 Å². The molecule has 0 aromatic heterocycles. The largest absolute Gasteiger partial charge is 0.497 e. The first-order valence-electron chi connectivity index (χ1n) is 21.4. The number of ether oxygens (including phenoxy) is 3. The maximum Gasteiger partial charge on any atom is 0.266 e. The van der Waals surface area contributed by atoms with Gasteiger partial charge in [0.25, 0.3) is 17.7 Å². The van der Waals surface area contributed by atoms with Gasteiger partial charge >= 0.3 is 0 Å². The number of rotatable bonds is 24. The van der Waals surface area contributed by atoms with Gasteiger partial charge in [0.2, 0.25) is 17.7 Å². The molecule has 4 aromatic carbocycles. The van der Waals surface area contributed by atoms with E-state index >= 15 is 0 Å². The van der Waals surface area contributed by atoms with Crippen molar-refractivity contribution in [3.05, 3.63) is 113 Å². The van der Waals surface area contributed by atoms with E-state index in [2.05, 4.69) is 16.0 Å². The molecule has 2 aliphatic rings. The van der Waals surface area contributed by atoms with Crippen LogP contribution in [0.25, 0.3) is 0 Å². The quantitative estimate of drug-likeness (QED) is 0.0725. The molecule has 342 valence electrons. The molecule has 3 N–H and O–H groups in total. The Labute approximate surface area is 379 Å². The molecule has 0 saturated carbocycles. The van der Waals surface area contributed by atoms with E-state index in [1.807, 2.05) is 0 Å². The van der Waals surface area contributed by atoms with Crippen LogP contribution in [0.5, 0.6) is 23.0 Å². The molecule has 1 atom stereocenters. The highest BCUT2D eigenvalue weighted by Gasteiger charge is 2.46. The predicted octanol–water partition coefficient (Wildman–Crippen LogP) is 5.62. The molecule has 66 heavy (non-hydrogen) atoms. The van der Waals surface area contributed by atoms with Gasteiger partial charge in [-0.3, -0.25) is 58.2 Å². The second-order valence-electron chi connectivity index (χ2n) is 15.6. The summed E-state index contributed by atoms with van der Waals surface area (Å²) in [6.07, 6.45) is -0.744. The monoisotopic (exact) mass is 900 g/mol.